The van der Waals surface area contributed by atoms with Crippen molar-refractivity contribution in [2.75, 3.05) is 5.73 Å². The first-order valence-corrected chi connectivity index (χ1v) is 15.1. The lowest BCUT2D eigenvalue weighted by atomic mass is 9.33. The van der Waals surface area contributed by atoms with Gasteiger partial charge in [0.15, 0.2) is 17.2 Å². The number of ketones is 3. The van der Waals surface area contributed by atoms with E-state index in [-0.39, 0.29) is 29.9 Å². The summed E-state index contributed by atoms with van der Waals surface area (Å²) in [5.41, 5.74) is 7.46. The first-order valence-electron chi connectivity index (χ1n) is 15.1. The molecule has 0 radical (unpaired) electrons. The lowest BCUT2D eigenvalue weighted by molar-refractivity contribution is -0.292. The van der Waals surface area contributed by atoms with E-state index in [1.165, 1.54) is 6.07 Å². The van der Waals surface area contributed by atoms with Crippen LogP contribution in [0.2, 0.25) is 0 Å². The minimum atomic E-state index is -2.74. The molecule has 2 aromatic carbocycles. The maximum Gasteiger partial charge on any atom is 0.230 e. The second kappa shape index (κ2) is 10.5. The van der Waals surface area contributed by atoms with E-state index in [9.17, 15) is 39.6 Å². The highest BCUT2D eigenvalue weighted by Crippen LogP contribution is 2.71. The van der Waals surface area contributed by atoms with Gasteiger partial charge < -0.3 is 31.9 Å². The minimum Gasteiger partial charge on any atom is -0.507 e. The van der Waals surface area contributed by atoms with Crippen molar-refractivity contribution < 1.29 is 39.6 Å². The Labute approximate surface area is 256 Å². The second-order valence-corrected chi connectivity index (χ2v) is 13.9. The number of anilines is 1. The molecule has 0 bridgehead atoms. The number of aliphatic hydroxyl groups excluding tert-OH is 2. The molecule has 2 fully saturated rings. The molecule has 0 spiro atoms. The van der Waals surface area contributed by atoms with E-state index in [4.69, 9.17) is 11.5 Å². The average molecular weight is 607 g/mol. The van der Waals surface area contributed by atoms with Crippen molar-refractivity contribution in [2.24, 2.45) is 46.2 Å². The van der Waals surface area contributed by atoms with E-state index in [2.05, 4.69) is 0 Å². The summed E-state index contributed by atoms with van der Waals surface area (Å²) in [6.07, 6.45) is -3.86. The molecule has 236 valence electrons. The van der Waals surface area contributed by atoms with Crippen molar-refractivity contribution >= 4 is 28.9 Å². The maximum atomic E-state index is 14.3. The highest BCUT2D eigenvalue weighted by molar-refractivity contribution is 6.09. The van der Waals surface area contributed by atoms with E-state index in [1.54, 1.807) is 64.1 Å². The molecular weight excluding hydrogens is 564 g/mol. The van der Waals surface area contributed by atoms with Crippen LogP contribution in [-0.2, 0) is 20.8 Å². The number of nitrogens with two attached hydrogens (primary N) is 2. The van der Waals surface area contributed by atoms with Gasteiger partial charge in [-0.05, 0) is 58.4 Å². The molecule has 0 aliphatic heterocycles. The van der Waals surface area contributed by atoms with Crippen molar-refractivity contribution in [3.63, 3.8) is 0 Å². The highest BCUT2D eigenvalue weighted by Gasteiger charge is 2.80. The van der Waals surface area contributed by atoms with Crippen LogP contribution in [0.4, 0.5) is 5.69 Å². The van der Waals surface area contributed by atoms with Gasteiger partial charge in [0.1, 0.15) is 23.6 Å². The Hall–Kier alpha value is -3.60. The zero-order valence-electron chi connectivity index (χ0n) is 25.7. The summed E-state index contributed by atoms with van der Waals surface area (Å²) in [5.74, 6) is -9.79. The lowest BCUT2D eigenvalue weighted by Gasteiger charge is -2.71. The van der Waals surface area contributed by atoms with Gasteiger partial charge in [0.05, 0.1) is 17.6 Å². The topological polar surface area (TPSA) is 201 Å². The van der Waals surface area contributed by atoms with E-state index in [0.29, 0.717) is 16.8 Å². The number of primary amides is 1. The predicted molar refractivity (Wildman–Crippen MR) is 161 cm³/mol. The molecule has 2 aromatic rings. The summed E-state index contributed by atoms with van der Waals surface area (Å²) >= 11 is 0. The van der Waals surface area contributed by atoms with Crippen molar-refractivity contribution in [2.45, 2.75) is 71.2 Å². The molecule has 5 rings (SSSR count). The molecule has 1 amide bonds. The number of amides is 1. The van der Waals surface area contributed by atoms with Crippen LogP contribution in [-0.4, -0.2) is 61.5 Å². The number of hydrogen-bond donors (Lipinski definition) is 6. The standard InChI is InChI=1S/C34H42N2O8/c1-15(2)25-28(40)24(31(36)43)29(41)34(44)30(42)26-27(39)23-20(7-6-8-21(23)38)16(3)32(26,4)22(33(25,34)5)14-19(37)13-17-9-11-18(35)12-10-17/h6-12,15-16,22,24-26,28,30,38,40,42,44H,13-14,35H2,1-5H3,(H2,36,43)/t16-,22-,24-,25+,26-,28?,30?,32-,33-,34+/m1/s1. The number of Topliss-reactive ketones (excluding diaryl/α,β-unsaturated/α-hetero) is 3. The number of phenolic OH excluding ortho intramolecular Hbond substituents is 1. The number of aromatic hydroxyl groups is 1. The van der Waals surface area contributed by atoms with Crippen molar-refractivity contribution in [1.82, 2.24) is 0 Å². The Morgan fingerprint density at radius 1 is 1.02 bits per heavy atom. The Morgan fingerprint density at radius 3 is 2.20 bits per heavy atom. The molecule has 0 saturated heterocycles. The van der Waals surface area contributed by atoms with Gasteiger partial charge in [0.25, 0.3) is 0 Å². The van der Waals surface area contributed by atoms with Crippen LogP contribution in [0.1, 0.15) is 68.4 Å². The van der Waals surface area contributed by atoms with Crippen LogP contribution in [0.25, 0.3) is 0 Å². The van der Waals surface area contributed by atoms with Gasteiger partial charge >= 0.3 is 0 Å². The summed E-state index contributed by atoms with van der Waals surface area (Å²) in [6, 6.07) is 11.5. The lowest BCUT2D eigenvalue weighted by Crippen LogP contribution is -2.82. The minimum absolute atomic E-state index is 0.00104. The summed E-state index contributed by atoms with van der Waals surface area (Å²) in [5, 5.41) is 47.2. The summed E-state index contributed by atoms with van der Waals surface area (Å²) in [7, 11) is 0. The van der Waals surface area contributed by atoms with Gasteiger partial charge in [-0.1, -0.05) is 58.9 Å². The number of fused-ring (bicyclic) bond motifs is 3. The molecule has 2 unspecified atom stereocenters. The molecule has 10 heteroatoms. The van der Waals surface area contributed by atoms with Gasteiger partial charge in [0, 0.05) is 23.9 Å². The van der Waals surface area contributed by atoms with Gasteiger partial charge in [-0.2, -0.15) is 0 Å². The number of hydrogen-bond acceptors (Lipinski definition) is 9. The van der Waals surface area contributed by atoms with Crippen LogP contribution in [0.5, 0.6) is 5.75 Å². The van der Waals surface area contributed by atoms with Crippen LogP contribution in [0, 0.1) is 40.4 Å². The van der Waals surface area contributed by atoms with Crippen molar-refractivity contribution in [3.8, 4) is 5.75 Å². The third kappa shape index (κ3) is 4.03. The molecule has 0 aromatic heterocycles. The van der Waals surface area contributed by atoms with Gasteiger partial charge in [0.2, 0.25) is 5.91 Å². The number of rotatable bonds is 6. The Kier molecular flexibility index (Phi) is 7.59. The van der Waals surface area contributed by atoms with E-state index < -0.39 is 81.6 Å². The van der Waals surface area contributed by atoms with Crippen molar-refractivity contribution in [1.29, 1.82) is 0 Å². The second-order valence-electron chi connectivity index (χ2n) is 13.9. The van der Waals surface area contributed by atoms with E-state index >= 15 is 0 Å². The molecule has 8 N–H and O–H groups in total. The number of carbonyl (C=O) groups excluding carboxylic acids is 4. The fourth-order valence-electron chi connectivity index (χ4n) is 9.53. The Balaban J connectivity index is 1.79. The molecular formula is C34H42N2O8. The zero-order chi connectivity index (χ0) is 32.7. The number of carbonyl (C=O) groups is 4. The quantitative estimate of drug-likeness (QED) is 0.210. The van der Waals surface area contributed by atoms with E-state index in [1.807, 2.05) is 6.92 Å². The maximum absolute atomic E-state index is 14.3. The fraction of sp³-hybridized carbons (Fsp3) is 0.529. The van der Waals surface area contributed by atoms with Gasteiger partial charge in [-0.25, -0.2) is 0 Å². The normalized spacial score (nSPS) is 38.1. The summed E-state index contributed by atoms with van der Waals surface area (Å²) in [6.45, 7) is 8.73. The summed E-state index contributed by atoms with van der Waals surface area (Å²) < 4.78 is 0. The van der Waals surface area contributed by atoms with Crippen LogP contribution in [0.15, 0.2) is 42.5 Å². The highest BCUT2D eigenvalue weighted by atomic mass is 16.4. The molecule has 0 heterocycles. The summed E-state index contributed by atoms with van der Waals surface area (Å²) in [4.78, 5) is 55.1. The predicted octanol–water partition coefficient (Wildman–Crippen LogP) is 2.14. The molecule has 3 aliphatic rings. The monoisotopic (exact) mass is 606 g/mol. The third-order valence-electron chi connectivity index (χ3n) is 11.6. The van der Waals surface area contributed by atoms with Gasteiger partial charge in [-0.15, -0.1) is 0 Å². The zero-order valence-corrected chi connectivity index (χ0v) is 25.7. The van der Waals surface area contributed by atoms with E-state index in [0.717, 1.165) is 0 Å². The average Bonchev–Trinajstić information content (AvgIpc) is 2.93. The number of benzene rings is 2. The SMILES string of the molecule is CC(C)[C@H]1C(O)[C@@H](C(N)=O)C(=O)[C@]2(O)C(O)[C@H]3C(=O)c4c(O)cccc4[C@@H](C)[C@]3(C)[C@@H](CC(=O)Cc3ccc(N)cc3)[C@]12C. The molecule has 10 nitrogen and oxygen atoms in total. The Morgan fingerprint density at radius 2 is 1.64 bits per heavy atom. The first kappa shape index (κ1) is 31.8. The van der Waals surface area contributed by atoms with Crippen LogP contribution >= 0.6 is 0 Å². The van der Waals surface area contributed by atoms with Crippen LogP contribution < -0.4 is 11.5 Å². The number of aliphatic hydroxyl groups is 3. The fourth-order valence-corrected chi connectivity index (χ4v) is 9.53. The molecule has 10 atom stereocenters. The smallest absolute Gasteiger partial charge is 0.230 e. The number of phenols is 1. The third-order valence-corrected chi connectivity index (χ3v) is 11.6. The van der Waals surface area contributed by atoms with Gasteiger partial charge in [-0.3, -0.25) is 19.2 Å². The van der Waals surface area contributed by atoms with Crippen molar-refractivity contribution in [3.05, 3.63) is 59.2 Å². The molecule has 3 aliphatic carbocycles. The molecule has 44 heavy (non-hydrogen) atoms. The van der Waals surface area contributed by atoms with Crippen LogP contribution in [0.3, 0.4) is 0 Å². The number of nitrogen functional groups attached to an aromatic ring is 1. The Bertz CT molecular complexity index is 1540. The first-order chi connectivity index (χ1) is 20.4. The largest absolute Gasteiger partial charge is 0.507 e. The molecule has 2 saturated carbocycles.